The van der Waals surface area contributed by atoms with E-state index in [1.54, 1.807) is 12.1 Å². The number of aromatic nitrogens is 1. The molecule has 0 spiro atoms. The standard InChI is InChI=1S/C25H31N3O4S/c1-19-8-5-6-16-28(19)33(30,31)24-18-21(11-12-23(24)32-2)25(29)26-14-7-15-27-17-13-20-9-3-4-10-22(20)27/h3-4,9-13,17-19H,5-8,14-16H2,1-2H3,(H,26,29). The summed E-state index contributed by atoms with van der Waals surface area (Å²) < 4.78 is 35.7. The molecule has 1 amide bonds. The maximum Gasteiger partial charge on any atom is 0.251 e. The van der Waals surface area contributed by atoms with Crippen molar-refractivity contribution in [2.24, 2.45) is 0 Å². The van der Waals surface area contributed by atoms with E-state index in [0.29, 0.717) is 18.7 Å². The highest BCUT2D eigenvalue weighted by atomic mass is 32.2. The van der Waals surface area contributed by atoms with Crippen LogP contribution in [0.5, 0.6) is 5.75 Å². The van der Waals surface area contributed by atoms with Crippen molar-refractivity contribution in [3.63, 3.8) is 0 Å². The van der Waals surface area contributed by atoms with Gasteiger partial charge in [0.05, 0.1) is 7.11 Å². The zero-order valence-electron chi connectivity index (χ0n) is 19.2. The number of fused-ring (bicyclic) bond motifs is 1. The Balaban J connectivity index is 1.43. The van der Waals surface area contributed by atoms with Crippen molar-refractivity contribution in [2.45, 2.75) is 50.1 Å². The molecule has 4 rings (SSSR count). The van der Waals surface area contributed by atoms with Crippen molar-refractivity contribution in [1.29, 1.82) is 0 Å². The molecule has 1 N–H and O–H groups in total. The van der Waals surface area contributed by atoms with Crippen LogP contribution in [0.2, 0.25) is 0 Å². The lowest BCUT2D eigenvalue weighted by Crippen LogP contribution is -2.42. The van der Waals surface area contributed by atoms with Gasteiger partial charge in [0.15, 0.2) is 0 Å². The Morgan fingerprint density at radius 2 is 1.97 bits per heavy atom. The minimum atomic E-state index is -3.76. The summed E-state index contributed by atoms with van der Waals surface area (Å²) in [5, 5.41) is 4.10. The van der Waals surface area contributed by atoms with Gasteiger partial charge in [-0.25, -0.2) is 8.42 Å². The topological polar surface area (TPSA) is 80.6 Å². The maximum absolute atomic E-state index is 13.4. The first-order chi connectivity index (χ1) is 15.9. The fourth-order valence-electron chi connectivity index (χ4n) is 4.46. The number of nitrogens with one attached hydrogen (secondary N) is 1. The van der Waals surface area contributed by atoms with Crippen molar-refractivity contribution in [2.75, 3.05) is 20.2 Å². The van der Waals surface area contributed by atoms with Crippen LogP contribution < -0.4 is 10.1 Å². The van der Waals surface area contributed by atoms with Crippen LogP contribution in [0.4, 0.5) is 0 Å². The largest absolute Gasteiger partial charge is 0.495 e. The van der Waals surface area contributed by atoms with Gasteiger partial charge in [0.25, 0.3) is 5.91 Å². The number of ether oxygens (including phenoxy) is 1. The normalized spacial score (nSPS) is 17.2. The van der Waals surface area contributed by atoms with Gasteiger partial charge >= 0.3 is 0 Å². The molecule has 0 radical (unpaired) electrons. The molecule has 0 aliphatic carbocycles. The van der Waals surface area contributed by atoms with Crippen molar-refractivity contribution in [3.05, 3.63) is 60.3 Å². The Kier molecular flexibility index (Phi) is 7.05. The molecular weight excluding hydrogens is 438 g/mol. The lowest BCUT2D eigenvalue weighted by atomic mass is 10.1. The van der Waals surface area contributed by atoms with E-state index in [4.69, 9.17) is 4.74 Å². The summed E-state index contributed by atoms with van der Waals surface area (Å²) in [4.78, 5) is 12.8. The quantitative estimate of drug-likeness (QED) is 0.505. The third kappa shape index (κ3) is 4.91. The van der Waals surface area contributed by atoms with Crippen LogP contribution in [0.1, 0.15) is 43.0 Å². The molecule has 0 saturated carbocycles. The first-order valence-electron chi connectivity index (χ1n) is 11.4. The van der Waals surface area contributed by atoms with E-state index >= 15 is 0 Å². The van der Waals surface area contributed by atoms with E-state index in [1.807, 2.05) is 19.1 Å². The van der Waals surface area contributed by atoms with Crippen LogP contribution in [0.15, 0.2) is 59.6 Å². The molecule has 2 heterocycles. The van der Waals surface area contributed by atoms with Gasteiger partial charge in [-0.2, -0.15) is 4.31 Å². The predicted octanol–water partition coefficient (Wildman–Crippen LogP) is 4.03. The third-order valence-corrected chi connectivity index (χ3v) is 8.33. The number of benzene rings is 2. The zero-order chi connectivity index (χ0) is 23.4. The second-order valence-corrected chi connectivity index (χ2v) is 10.4. The van der Waals surface area contributed by atoms with Gasteiger partial charge in [0.1, 0.15) is 10.6 Å². The molecule has 33 heavy (non-hydrogen) atoms. The van der Waals surface area contributed by atoms with Gasteiger partial charge in [-0.15, -0.1) is 0 Å². The van der Waals surface area contributed by atoms with Crippen molar-refractivity contribution in [3.8, 4) is 5.75 Å². The molecular formula is C25H31N3O4S. The second kappa shape index (κ2) is 9.97. The Bertz CT molecular complexity index is 1240. The summed E-state index contributed by atoms with van der Waals surface area (Å²) in [5.74, 6) is -0.0398. The number of methoxy groups -OCH3 is 1. The average molecular weight is 470 g/mol. The Labute approximate surface area is 195 Å². The van der Waals surface area contributed by atoms with E-state index in [9.17, 15) is 13.2 Å². The van der Waals surface area contributed by atoms with Crippen LogP contribution in [0.25, 0.3) is 10.9 Å². The third-order valence-electron chi connectivity index (χ3n) is 6.30. The summed E-state index contributed by atoms with van der Waals surface area (Å²) in [6, 6.07) is 14.8. The number of hydrogen-bond acceptors (Lipinski definition) is 4. The number of carbonyl (C=O) groups is 1. The van der Waals surface area contributed by atoms with Crippen molar-refractivity contribution in [1.82, 2.24) is 14.2 Å². The molecule has 1 atom stereocenters. The highest BCUT2D eigenvalue weighted by Gasteiger charge is 2.33. The Hall–Kier alpha value is -2.84. The highest BCUT2D eigenvalue weighted by Crippen LogP contribution is 2.31. The van der Waals surface area contributed by atoms with Gasteiger partial charge in [0, 0.05) is 43.0 Å². The van der Waals surface area contributed by atoms with E-state index in [-0.39, 0.29) is 22.6 Å². The summed E-state index contributed by atoms with van der Waals surface area (Å²) in [5.41, 5.74) is 1.48. The molecule has 1 aliphatic heterocycles. The molecule has 1 fully saturated rings. The Morgan fingerprint density at radius 1 is 1.15 bits per heavy atom. The fraction of sp³-hybridized carbons (Fsp3) is 0.400. The molecule has 7 nitrogen and oxygen atoms in total. The van der Waals surface area contributed by atoms with Crippen LogP contribution in [0.3, 0.4) is 0 Å². The number of piperidine rings is 1. The lowest BCUT2D eigenvalue weighted by Gasteiger charge is -2.32. The number of nitrogens with zero attached hydrogens (tertiary/aromatic N) is 2. The molecule has 1 unspecified atom stereocenters. The predicted molar refractivity (Wildman–Crippen MR) is 129 cm³/mol. The van der Waals surface area contributed by atoms with Gasteiger partial charge < -0.3 is 14.6 Å². The van der Waals surface area contributed by atoms with Crippen LogP contribution in [-0.2, 0) is 16.6 Å². The number of para-hydroxylation sites is 1. The molecule has 1 saturated heterocycles. The summed E-state index contributed by atoms with van der Waals surface area (Å²) in [6.45, 7) is 3.68. The molecule has 1 aromatic heterocycles. The number of hydrogen-bond donors (Lipinski definition) is 1. The molecule has 0 bridgehead atoms. The van der Waals surface area contributed by atoms with Crippen molar-refractivity contribution < 1.29 is 17.9 Å². The van der Waals surface area contributed by atoms with E-state index in [1.165, 1.54) is 28.4 Å². The molecule has 1 aliphatic rings. The maximum atomic E-state index is 13.4. The fourth-order valence-corrected chi connectivity index (χ4v) is 6.35. The first-order valence-corrected chi connectivity index (χ1v) is 12.9. The highest BCUT2D eigenvalue weighted by molar-refractivity contribution is 7.89. The van der Waals surface area contributed by atoms with Crippen LogP contribution in [0, 0.1) is 0 Å². The smallest absolute Gasteiger partial charge is 0.251 e. The zero-order valence-corrected chi connectivity index (χ0v) is 20.0. The van der Waals surface area contributed by atoms with Gasteiger partial charge in [0.2, 0.25) is 10.0 Å². The molecule has 3 aromatic rings. The molecule has 176 valence electrons. The monoisotopic (exact) mass is 469 g/mol. The second-order valence-electron chi connectivity index (χ2n) is 8.50. The Morgan fingerprint density at radius 3 is 2.76 bits per heavy atom. The van der Waals surface area contributed by atoms with Crippen LogP contribution in [-0.4, -0.2) is 49.4 Å². The van der Waals surface area contributed by atoms with E-state index in [0.717, 1.165) is 32.2 Å². The number of sulfonamides is 1. The minimum absolute atomic E-state index is 0.0465. The molecule has 2 aromatic carbocycles. The van der Waals surface area contributed by atoms with E-state index in [2.05, 4.69) is 34.3 Å². The average Bonchev–Trinajstić information content (AvgIpc) is 3.24. The number of rotatable bonds is 8. The lowest BCUT2D eigenvalue weighted by molar-refractivity contribution is 0.0952. The number of carbonyl (C=O) groups excluding carboxylic acids is 1. The van der Waals surface area contributed by atoms with Gasteiger partial charge in [-0.05, 0) is 61.9 Å². The SMILES string of the molecule is COc1ccc(C(=O)NCCCn2ccc3ccccc32)cc1S(=O)(=O)N1CCCCC1C. The van der Waals surface area contributed by atoms with Gasteiger partial charge in [-0.1, -0.05) is 24.6 Å². The van der Waals surface area contributed by atoms with Gasteiger partial charge in [-0.3, -0.25) is 4.79 Å². The molecule has 8 heteroatoms. The van der Waals surface area contributed by atoms with Crippen LogP contribution >= 0.6 is 0 Å². The number of amides is 1. The van der Waals surface area contributed by atoms with E-state index < -0.39 is 10.0 Å². The minimum Gasteiger partial charge on any atom is -0.495 e. The van der Waals surface area contributed by atoms with Crippen molar-refractivity contribution >= 4 is 26.8 Å². The summed E-state index contributed by atoms with van der Waals surface area (Å²) in [6.07, 6.45) is 5.50. The number of aryl methyl sites for hydroxylation is 1. The first kappa shape index (κ1) is 23.3. The summed E-state index contributed by atoms with van der Waals surface area (Å²) >= 11 is 0. The summed E-state index contributed by atoms with van der Waals surface area (Å²) in [7, 11) is -2.32.